The normalized spacial score (nSPS) is 10.8. The van der Waals surface area contributed by atoms with Crippen molar-refractivity contribution in [1.82, 2.24) is 9.97 Å². The Morgan fingerprint density at radius 2 is 1.95 bits per heavy atom. The van der Waals surface area contributed by atoms with Gasteiger partial charge in [0.2, 0.25) is 0 Å². The lowest BCUT2D eigenvalue weighted by molar-refractivity contribution is 0.0690. The Morgan fingerprint density at radius 3 is 2.50 bits per heavy atom. The molecule has 5 heteroatoms. The number of hydrogen-bond donors (Lipinski definition) is 2. The van der Waals surface area contributed by atoms with Gasteiger partial charge >= 0.3 is 11.7 Å². The van der Waals surface area contributed by atoms with Crippen molar-refractivity contribution >= 4 is 5.97 Å². The highest BCUT2D eigenvalue weighted by molar-refractivity contribution is 5.86. The number of carbonyl (C=O) groups is 1. The Labute approximate surface area is 116 Å². The summed E-state index contributed by atoms with van der Waals surface area (Å²) in [6, 6.07) is 9.01. The fraction of sp³-hybridized carbons (Fsp3) is 0.267. The Hall–Kier alpha value is -2.43. The number of benzene rings is 1. The molecule has 0 aliphatic carbocycles. The monoisotopic (exact) mass is 272 g/mol. The molecule has 104 valence electrons. The molecule has 2 rings (SSSR count). The van der Waals surface area contributed by atoms with Crippen LogP contribution in [0.5, 0.6) is 0 Å². The molecule has 0 aliphatic rings. The molecule has 5 nitrogen and oxygen atoms in total. The number of hydrogen-bond acceptors (Lipinski definition) is 3. The van der Waals surface area contributed by atoms with Gasteiger partial charge in [-0.2, -0.15) is 4.98 Å². The molecule has 0 saturated heterocycles. The molecule has 0 atom stereocenters. The van der Waals surface area contributed by atoms with E-state index in [2.05, 4.69) is 23.8 Å². The minimum absolute atomic E-state index is 0.161. The largest absolute Gasteiger partial charge is 0.477 e. The minimum Gasteiger partial charge on any atom is -0.477 e. The van der Waals surface area contributed by atoms with Crippen molar-refractivity contribution < 1.29 is 9.90 Å². The van der Waals surface area contributed by atoms with Gasteiger partial charge in [-0.05, 0) is 24.0 Å². The summed E-state index contributed by atoms with van der Waals surface area (Å²) in [6.45, 7) is 4.29. The molecule has 1 aromatic carbocycles. The molecule has 2 aromatic rings. The van der Waals surface area contributed by atoms with E-state index in [4.69, 9.17) is 5.11 Å². The van der Waals surface area contributed by atoms with Gasteiger partial charge in [-0.25, -0.2) is 9.59 Å². The van der Waals surface area contributed by atoms with Gasteiger partial charge in [-0.1, -0.05) is 38.1 Å². The van der Waals surface area contributed by atoms with E-state index in [0.29, 0.717) is 11.6 Å². The number of aromatic amines is 1. The number of aromatic nitrogens is 2. The molecule has 0 fully saturated rings. The fourth-order valence-electron chi connectivity index (χ4n) is 2.00. The van der Waals surface area contributed by atoms with Crippen molar-refractivity contribution in [3.05, 3.63) is 52.1 Å². The van der Waals surface area contributed by atoms with Gasteiger partial charge in [-0.3, -0.25) is 4.98 Å². The molecule has 1 heterocycles. The van der Waals surface area contributed by atoms with Crippen molar-refractivity contribution in [2.75, 3.05) is 0 Å². The van der Waals surface area contributed by atoms with Gasteiger partial charge in [0.15, 0.2) is 0 Å². The summed E-state index contributed by atoms with van der Waals surface area (Å²) in [6.07, 6.45) is 0.976. The predicted molar refractivity (Wildman–Crippen MR) is 75.8 cm³/mol. The standard InChI is InChI=1S/C15H16N2O3/c1-9(2)7-10-3-5-11(6-4-10)12-8-13(14(18)19)17-15(20)16-12/h3-6,8-9H,7H2,1-2H3,(H,18,19)(H,16,17,20). The lowest BCUT2D eigenvalue weighted by Crippen LogP contribution is -2.16. The molecule has 2 N–H and O–H groups in total. The van der Waals surface area contributed by atoms with Crippen molar-refractivity contribution in [2.45, 2.75) is 20.3 Å². The highest BCUT2D eigenvalue weighted by Crippen LogP contribution is 2.18. The number of aromatic carboxylic acids is 1. The lowest BCUT2D eigenvalue weighted by Gasteiger charge is -2.06. The summed E-state index contributed by atoms with van der Waals surface area (Å²) in [5, 5.41) is 8.93. The third-order valence-corrected chi connectivity index (χ3v) is 2.87. The molecule has 0 bridgehead atoms. The van der Waals surface area contributed by atoms with Crippen LogP contribution in [0.3, 0.4) is 0 Å². The molecule has 0 amide bonds. The van der Waals surface area contributed by atoms with E-state index < -0.39 is 11.7 Å². The number of H-pyrrole nitrogens is 1. The highest BCUT2D eigenvalue weighted by atomic mass is 16.4. The van der Waals surface area contributed by atoms with E-state index in [0.717, 1.165) is 12.0 Å². The topological polar surface area (TPSA) is 83.0 Å². The Morgan fingerprint density at radius 1 is 1.30 bits per heavy atom. The van der Waals surface area contributed by atoms with E-state index in [1.165, 1.54) is 11.6 Å². The van der Waals surface area contributed by atoms with E-state index in [1.807, 2.05) is 24.3 Å². The summed E-state index contributed by atoms with van der Waals surface area (Å²) in [5.41, 5.74) is 1.47. The molecule has 20 heavy (non-hydrogen) atoms. The number of carboxylic acids is 1. The van der Waals surface area contributed by atoms with Crippen molar-refractivity contribution in [1.29, 1.82) is 0 Å². The second-order valence-corrected chi connectivity index (χ2v) is 5.09. The van der Waals surface area contributed by atoms with Crippen molar-refractivity contribution in [3.63, 3.8) is 0 Å². The Kier molecular flexibility index (Phi) is 3.98. The van der Waals surface area contributed by atoms with Gasteiger partial charge in [0.05, 0.1) is 5.69 Å². The predicted octanol–water partition coefficient (Wildman–Crippen LogP) is 2.33. The summed E-state index contributed by atoms with van der Waals surface area (Å²) in [7, 11) is 0. The van der Waals surface area contributed by atoms with Crippen LogP contribution in [0.25, 0.3) is 11.3 Å². The first-order valence-corrected chi connectivity index (χ1v) is 6.39. The fourth-order valence-corrected chi connectivity index (χ4v) is 2.00. The van der Waals surface area contributed by atoms with Crippen LogP contribution in [0.2, 0.25) is 0 Å². The molecule has 0 saturated carbocycles. The third kappa shape index (κ3) is 3.32. The van der Waals surface area contributed by atoms with Crippen LogP contribution in [0.1, 0.15) is 29.9 Å². The first-order valence-electron chi connectivity index (χ1n) is 6.39. The average molecular weight is 272 g/mol. The molecular weight excluding hydrogens is 256 g/mol. The lowest BCUT2D eigenvalue weighted by atomic mass is 10.0. The van der Waals surface area contributed by atoms with Crippen LogP contribution in [0, 0.1) is 5.92 Å². The van der Waals surface area contributed by atoms with E-state index >= 15 is 0 Å². The van der Waals surface area contributed by atoms with E-state index in [1.54, 1.807) is 0 Å². The highest BCUT2D eigenvalue weighted by Gasteiger charge is 2.09. The van der Waals surface area contributed by atoms with E-state index in [-0.39, 0.29) is 5.69 Å². The quantitative estimate of drug-likeness (QED) is 0.894. The van der Waals surface area contributed by atoms with Crippen LogP contribution < -0.4 is 5.69 Å². The zero-order valence-corrected chi connectivity index (χ0v) is 11.4. The molecular formula is C15H16N2O3. The van der Waals surface area contributed by atoms with Crippen LogP contribution in [0.15, 0.2) is 35.1 Å². The van der Waals surface area contributed by atoms with Crippen LogP contribution in [0.4, 0.5) is 0 Å². The smallest absolute Gasteiger partial charge is 0.352 e. The van der Waals surface area contributed by atoms with Crippen LogP contribution in [-0.2, 0) is 6.42 Å². The SMILES string of the molecule is CC(C)Cc1ccc(-c2cc(C(=O)O)[nH]c(=O)n2)cc1. The first-order chi connectivity index (χ1) is 9.45. The Bertz CT molecular complexity index is 672. The molecule has 0 unspecified atom stereocenters. The molecule has 0 radical (unpaired) electrons. The van der Waals surface area contributed by atoms with Gasteiger partial charge in [0, 0.05) is 5.56 Å². The van der Waals surface area contributed by atoms with Gasteiger partial charge in [0.1, 0.15) is 5.69 Å². The number of rotatable bonds is 4. The van der Waals surface area contributed by atoms with Crippen LogP contribution in [-0.4, -0.2) is 21.0 Å². The second-order valence-electron chi connectivity index (χ2n) is 5.09. The molecule has 0 aliphatic heterocycles. The second kappa shape index (κ2) is 5.69. The maximum atomic E-state index is 11.4. The summed E-state index contributed by atoms with van der Waals surface area (Å²) >= 11 is 0. The molecule has 1 aromatic heterocycles. The maximum absolute atomic E-state index is 11.4. The van der Waals surface area contributed by atoms with Gasteiger partial charge in [-0.15, -0.1) is 0 Å². The Balaban J connectivity index is 2.36. The van der Waals surface area contributed by atoms with Crippen molar-refractivity contribution in [3.8, 4) is 11.3 Å². The average Bonchev–Trinajstić information content (AvgIpc) is 2.38. The summed E-state index contributed by atoms with van der Waals surface area (Å²) in [4.78, 5) is 28.3. The first kappa shape index (κ1) is 14.0. The maximum Gasteiger partial charge on any atom is 0.352 e. The van der Waals surface area contributed by atoms with Gasteiger partial charge in [0.25, 0.3) is 0 Å². The zero-order valence-electron chi connectivity index (χ0n) is 11.4. The van der Waals surface area contributed by atoms with Crippen LogP contribution >= 0.6 is 0 Å². The summed E-state index contributed by atoms with van der Waals surface area (Å²) < 4.78 is 0. The third-order valence-electron chi connectivity index (χ3n) is 2.87. The number of carboxylic acid groups (broad SMARTS) is 1. The van der Waals surface area contributed by atoms with Crippen molar-refractivity contribution in [2.24, 2.45) is 5.92 Å². The summed E-state index contributed by atoms with van der Waals surface area (Å²) in [5.74, 6) is -0.612. The number of nitrogens with zero attached hydrogens (tertiary/aromatic N) is 1. The van der Waals surface area contributed by atoms with Gasteiger partial charge < -0.3 is 5.11 Å². The molecule has 0 spiro atoms. The zero-order chi connectivity index (χ0) is 14.7. The number of nitrogens with one attached hydrogen (secondary N) is 1. The van der Waals surface area contributed by atoms with E-state index in [9.17, 15) is 9.59 Å². The minimum atomic E-state index is -1.18.